The number of nitrogens with one attached hydrogen (secondary N) is 3. The summed E-state index contributed by atoms with van der Waals surface area (Å²) in [6.07, 6.45) is 6.13. The van der Waals surface area contributed by atoms with Crippen LogP contribution in [0.5, 0.6) is 0 Å². The van der Waals surface area contributed by atoms with Crippen molar-refractivity contribution in [1.29, 1.82) is 0 Å². The standard InChI is InChI=1S/C50H38N6/c1-2-12-35(13-3-1)50-53-44(34-24-22-33(23-25-34)43-26-27-51-32-52-43)31-45(54-50)36-28-37(55-46-18-8-4-14-39(46)40-15-5-9-19-47(40)55)30-38(29-36)56-48-20-10-6-16-41(48)42-17-7-11-21-49(42)56/h1-31,45,50,52-54H,32H2. The van der Waals surface area contributed by atoms with Crippen molar-refractivity contribution in [2.75, 3.05) is 6.67 Å². The zero-order chi connectivity index (χ0) is 37.0. The van der Waals surface area contributed by atoms with Gasteiger partial charge in [-0.25, -0.2) is 0 Å². The molecule has 0 fully saturated rings. The maximum Gasteiger partial charge on any atom is 0.107 e. The highest BCUT2D eigenvalue weighted by molar-refractivity contribution is 6.10. The van der Waals surface area contributed by atoms with Crippen molar-refractivity contribution >= 4 is 61.2 Å². The Kier molecular flexibility index (Phi) is 7.67. The van der Waals surface area contributed by atoms with Crippen molar-refractivity contribution in [2.45, 2.75) is 12.2 Å². The highest BCUT2D eigenvalue weighted by Crippen LogP contribution is 2.38. The maximum absolute atomic E-state index is 4.28. The molecule has 2 aromatic heterocycles. The van der Waals surface area contributed by atoms with Crippen LogP contribution in [0.25, 0.3) is 66.4 Å². The van der Waals surface area contributed by atoms with Crippen LogP contribution in [0.3, 0.4) is 0 Å². The number of hydrogen-bond acceptors (Lipinski definition) is 4. The average molecular weight is 723 g/mol. The van der Waals surface area contributed by atoms with E-state index in [1.54, 1.807) is 0 Å². The van der Waals surface area contributed by atoms with E-state index in [9.17, 15) is 0 Å². The molecule has 0 saturated heterocycles. The zero-order valence-corrected chi connectivity index (χ0v) is 30.6. The van der Waals surface area contributed by atoms with E-state index < -0.39 is 0 Å². The second-order valence-corrected chi connectivity index (χ2v) is 14.6. The summed E-state index contributed by atoms with van der Waals surface area (Å²) >= 11 is 0. The molecule has 9 aromatic rings. The minimum absolute atomic E-state index is 0.116. The molecular formula is C50H38N6. The lowest BCUT2D eigenvalue weighted by molar-refractivity contribution is 0.442. The van der Waals surface area contributed by atoms with E-state index >= 15 is 0 Å². The number of para-hydroxylation sites is 4. The molecule has 2 aliphatic rings. The van der Waals surface area contributed by atoms with Crippen molar-refractivity contribution in [2.24, 2.45) is 4.99 Å². The van der Waals surface area contributed by atoms with Crippen LogP contribution in [0.2, 0.25) is 0 Å². The van der Waals surface area contributed by atoms with Crippen molar-refractivity contribution in [3.8, 4) is 11.4 Å². The van der Waals surface area contributed by atoms with Gasteiger partial charge in [0.1, 0.15) is 12.8 Å². The van der Waals surface area contributed by atoms with Crippen LogP contribution in [-0.2, 0) is 0 Å². The van der Waals surface area contributed by atoms with E-state index in [0.717, 1.165) is 33.9 Å². The van der Waals surface area contributed by atoms with Crippen LogP contribution in [0.1, 0.15) is 34.5 Å². The Bertz CT molecular complexity index is 2800. The van der Waals surface area contributed by atoms with E-state index in [-0.39, 0.29) is 12.2 Å². The molecule has 0 spiro atoms. The van der Waals surface area contributed by atoms with Crippen molar-refractivity contribution < 1.29 is 0 Å². The van der Waals surface area contributed by atoms with Crippen molar-refractivity contribution in [3.05, 3.63) is 204 Å². The lowest BCUT2D eigenvalue weighted by Gasteiger charge is -2.33. The summed E-state index contributed by atoms with van der Waals surface area (Å²) in [6.45, 7) is 0.594. The highest BCUT2D eigenvalue weighted by Gasteiger charge is 2.26. The molecule has 11 rings (SSSR count). The Morgan fingerprint density at radius 2 is 0.964 bits per heavy atom. The van der Waals surface area contributed by atoms with E-state index in [1.807, 2.05) is 12.3 Å². The van der Waals surface area contributed by atoms with Gasteiger partial charge in [-0.1, -0.05) is 127 Å². The Morgan fingerprint density at radius 1 is 0.482 bits per heavy atom. The topological polar surface area (TPSA) is 58.3 Å². The number of benzene rings is 7. The third kappa shape index (κ3) is 5.42. The normalized spacial score (nSPS) is 16.9. The van der Waals surface area contributed by atoms with Gasteiger partial charge in [0.15, 0.2) is 0 Å². The minimum atomic E-state index is -0.117. The van der Waals surface area contributed by atoms with Gasteiger partial charge in [-0.2, -0.15) is 0 Å². The molecule has 268 valence electrons. The average Bonchev–Trinajstić information content (AvgIpc) is 3.80. The Morgan fingerprint density at radius 3 is 1.46 bits per heavy atom. The molecule has 0 amide bonds. The zero-order valence-electron chi connectivity index (χ0n) is 30.6. The smallest absolute Gasteiger partial charge is 0.107 e. The number of aromatic nitrogens is 2. The van der Waals surface area contributed by atoms with Crippen LogP contribution in [0.4, 0.5) is 0 Å². The van der Waals surface area contributed by atoms with E-state index in [4.69, 9.17) is 0 Å². The first kappa shape index (κ1) is 32.3. The van der Waals surface area contributed by atoms with Crippen LogP contribution in [-0.4, -0.2) is 22.0 Å². The van der Waals surface area contributed by atoms with E-state index in [1.165, 1.54) is 54.7 Å². The third-order valence-corrected chi connectivity index (χ3v) is 11.3. The molecule has 7 aromatic carbocycles. The number of rotatable bonds is 6. The molecule has 2 atom stereocenters. The predicted octanol–water partition coefficient (Wildman–Crippen LogP) is 10.8. The number of nitrogens with zero attached hydrogens (tertiary/aromatic N) is 3. The van der Waals surface area contributed by atoms with Gasteiger partial charge >= 0.3 is 0 Å². The van der Waals surface area contributed by atoms with Gasteiger partial charge in [-0.3, -0.25) is 10.3 Å². The van der Waals surface area contributed by atoms with Gasteiger partial charge in [-0.15, -0.1) is 0 Å². The van der Waals surface area contributed by atoms with Gasteiger partial charge in [0.05, 0.1) is 28.1 Å². The van der Waals surface area contributed by atoms with Crippen molar-refractivity contribution in [3.63, 3.8) is 0 Å². The SMILES string of the molecule is C1=NCNC(c2ccc(C3=CC(c4cc(-n5c6ccccc6c6ccccc65)cc(-n5c6ccccc6c6ccccc65)c4)NC(c4ccccc4)N3)cc2)=C1. The number of fused-ring (bicyclic) bond motifs is 6. The molecular weight excluding hydrogens is 685 g/mol. The highest BCUT2D eigenvalue weighted by atomic mass is 15.2. The van der Waals surface area contributed by atoms with Gasteiger partial charge < -0.3 is 19.8 Å². The summed E-state index contributed by atoms with van der Waals surface area (Å²) in [5, 5.41) is 16.2. The molecule has 0 radical (unpaired) electrons. The quantitative estimate of drug-likeness (QED) is 0.160. The minimum Gasteiger partial charge on any atom is -0.366 e. The van der Waals surface area contributed by atoms with Gasteiger partial charge in [0.25, 0.3) is 0 Å². The Labute approximate surface area is 324 Å². The van der Waals surface area contributed by atoms with Crippen molar-refractivity contribution in [1.82, 2.24) is 25.1 Å². The fraction of sp³-hybridized carbons (Fsp3) is 0.0600. The molecule has 2 aliphatic heterocycles. The first-order valence-corrected chi connectivity index (χ1v) is 19.2. The van der Waals surface area contributed by atoms with E-state index in [2.05, 4.69) is 206 Å². The number of aliphatic imine (C=N–C) groups is 1. The monoisotopic (exact) mass is 722 g/mol. The summed E-state index contributed by atoms with van der Waals surface area (Å²) in [6, 6.07) is 61.5. The predicted molar refractivity (Wildman–Crippen MR) is 232 cm³/mol. The molecule has 6 nitrogen and oxygen atoms in total. The first-order valence-electron chi connectivity index (χ1n) is 19.2. The second-order valence-electron chi connectivity index (χ2n) is 14.6. The molecule has 4 heterocycles. The third-order valence-electron chi connectivity index (χ3n) is 11.3. The molecule has 56 heavy (non-hydrogen) atoms. The summed E-state index contributed by atoms with van der Waals surface area (Å²) in [5.74, 6) is 0. The van der Waals surface area contributed by atoms with Gasteiger partial charge in [-0.05, 0) is 76.9 Å². The van der Waals surface area contributed by atoms with Gasteiger partial charge in [0.2, 0.25) is 0 Å². The van der Waals surface area contributed by atoms with Crippen LogP contribution < -0.4 is 16.0 Å². The fourth-order valence-electron chi connectivity index (χ4n) is 8.69. The molecule has 2 unspecified atom stereocenters. The lowest BCUT2D eigenvalue weighted by atomic mass is 9.96. The molecule has 0 bridgehead atoms. The molecule has 3 N–H and O–H groups in total. The summed E-state index contributed by atoms with van der Waals surface area (Å²) < 4.78 is 4.87. The molecule has 0 aliphatic carbocycles. The van der Waals surface area contributed by atoms with Crippen LogP contribution in [0, 0.1) is 0 Å². The number of allylic oxidation sites excluding steroid dienone is 1. The molecule has 0 saturated carbocycles. The van der Waals surface area contributed by atoms with Crippen LogP contribution in [0.15, 0.2) is 187 Å². The molecule has 6 heteroatoms. The fourth-order valence-corrected chi connectivity index (χ4v) is 8.69. The summed E-state index contributed by atoms with van der Waals surface area (Å²) in [7, 11) is 0. The Balaban J connectivity index is 1.14. The summed E-state index contributed by atoms with van der Waals surface area (Å²) in [5.41, 5.74) is 13.8. The second kappa shape index (κ2) is 13.3. The first-order chi connectivity index (χ1) is 27.8. The lowest BCUT2D eigenvalue weighted by Crippen LogP contribution is -2.39. The summed E-state index contributed by atoms with van der Waals surface area (Å²) in [4.78, 5) is 4.28. The number of hydrogen-bond donors (Lipinski definition) is 3. The van der Waals surface area contributed by atoms with Crippen LogP contribution >= 0.6 is 0 Å². The van der Waals surface area contributed by atoms with Gasteiger partial charge in [0, 0.05) is 50.5 Å². The maximum atomic E-state index is 4.28. The largest absolute Gasteiger partial charge is 0.366 e. The Hall–Kier alpha value is -7.15. The van der Waals surface area contributed by atoms with E-state index in [0.29, 0.717) is 6.67 Å².